The van der Waals surface area contributed by atoms with Gasteiger partial charge in [0, 0.05) is 24.5 Å². The molecule has 1 saturated heterocycles. The van der Waals surface area contributed by atoms with Gasteiger partial charge < -0.3 is 15.7 Å². The molecular formula is C22H28F3N5O2. The zero-order valence-corrected chi connectivity index (χ0v) is 17.9. The monoisotopic (exact) mass is 451 g/mol. The number of rotatable bonds is 6. The molecule has 1 aliphatic carbocycles. The van der Waals surface area contributed by atoms with E-state index in [0.717, 1.165) is 50.9 Å². The summed E-state index contributed by atoms with van der Waals surface area (Å²) in [7, 11) is 0. The summed E-state index contributed by atoms with van der Waals surface area (Å²) in [4.78, 5) is 22.7. The van der Waals surface area contributed by atoms with Crippen molar-refractivity contribution in [2.24, 2.45) is 5.92 Å². The highest BCUT2D eigenvalue weighted by Gasteiger charge is 2.36. The maximum atomic E-state index is 13.0. The second kappa shape index (κ2) is 9.19. The maximum absolute atomic E-state index is 13.0. The van der Waals surface area contributed by atoms with Gasteiger partial charge in [0.05, 0.1) is 29.8 Å². The number of carbonyl (C=O) groups is 1. The maximum Gasteiger partial charge on any atom is 0.416 e. The van der Waals surface area contributed by atoms with Crippen molar-refractivity contribution in [1.82, 2.24) is 20.2 Å². The minimum atomic E-state index is -4.47. The first-order chi connectivity index (χ1) is 15.2. The Hall–Kier alpha value is -2.46. The van der Waals surface area contributed by atoms with E-state index in [2.05, 4.69) is 25.5 Å². The van der Waals surface area contributed by atoms with E-state index in [1.807, 2.05) is 6.92 Å². The topological polar surface area (TPSA) is 90.4 Å². The number of amides is 1. The molecule has 0 bridgehead atoms. The molecular weight excluding hydrogens is 423 g/mol. The van der Waals surface area contributed by atoms with E-state index >= 15 is 0 Å². The number of halogens is 3. The molecule has 3 N–H and O–H groups in total. The quantitative estimate of drug-likeness (QED) is 0.626. The number of fused-ring (bicyclic) bond motifs is 1. The fraction of sp³-hybridized carbons (Fsp3) is 0.591. The molecule has 0 radical (unpaired) electrons. The third-order valence-corrected chi connectivity index (χ3v) is 6.59. The van der Waals surface area contributed by atoms with Crippen LogP contribution in [-0.4, -0.2) is 63.7 Å². The smallest absolute Gasteiger partial charge is 0.393 e. The van der Waals surface area contributed by atoms with Crippen LogP contribution in [0.3, 0.4) is 0 Å². The number of carbonyl (C=O) groups excluding carboxylic acids is 1. The Balaban J connectivity index is 1.26. The van der Waals surface area contributed by atoms with Crippen LogP contribution < -0.4 is 10.6 Å². The minimum Gasteiger partial charge on any atom is -0.393 e. The van der Waals surface area contributed by atoms with Crippen LogP contribution in [0, 0.1) is 5.92 Å². The average Bonchev–Trinajstić information content (AvgIpc) is 2.73. The number of alkyl halides is 3. The molecule has 0 spiro atoms. The van der Waals surface area contributed by atoms with Gasteiger partial charge >= 0.3 is 6.18 Å². The first kappa shape index (κ1) is 22.7. The minimum absolute atomic E-state index is 0.0674. The molecule has 2 heterocycles. The highest BCUT2D eigenvalue weighted by molar-refractivity contribution is 5.91. The predicted molar refractivity (Wildman–Crippen MR) is 114 cm³/mol. The first-order valence-electron chi connectivity index (χ1n) is 11.0. The van der Waals surface area contributed by atoms with Crippen LogP contribution in [0.15, 0.2) is 24.5 Å². The number of hydrogen-bond donors (Lipinski definition) is 3. The fourth-order valence-electron chi connectivity index (χ4n) is 4.67. The molecule has 1 unspecified atom stereocenters. The van der Waals surface area contributed by atoms with Crippen molar-refractivity contribution in [3.8, 4) is 0 Å². The number of hydrogen-bond acceptors (Lipinski definition) is 6. The number of nitrogens with zero attached hydrogens (tertiary/aromatic N) is 3. The second-order valence-electron chi connectivity index (χ2n) is 8.83. The summed E-state index contributed by atoms with van der Waals surface area (Å²) in [6.07, 6.45) is 0.734. The Morgan fingerprint density at radius 1 is 1.22 bits per heavy atom. The Bertz CT molecular complexity index is 954. The van der Waals surface area contributed by atoms with Crippen molar-refractivity contribution in [2.75, 3.05) is 25.0 Å². The highest BCUT2D eigenvalue weighted by Crippen LogP contribution is 2.33. The molecule has 32 heavy (non-hydrogen) atoms. The summed E-state index contributed by atoms with van der Waals surface area (Å²) in [5, 5.41) is 15.8. The molecule has 2 aliphatic rings. The molecule has 4 rings (SSSR count). The van der Waals surface area contributed by atoms with Gasteiger partial charge in [-0.2, -0.15) is 13.2 Å². The fourth-order valence-corrected chi connectivity index (χ4v) is 4.67. The number of anilines is 1. The normalized spacial score (nSPS) is 23.5. The van der Waals surface area contributed by atoms with Gasteiger partial charge in [-0.15, -0.1) is 0 Å². The zero-order valence-electron chi connectivity index (χ0n) is 17.9. The zero-order chi connectivity index (χ0) is 22.9. The summed E-state index contributed by atoms with van der Waals surface area (Å²) < 4.78 is 39.1. The molecule has 1 aromatic carbocycles. The standard InChI is InChI=1S/C22H28F3N5O2/c1-13(31)14-2-5-17(6-3-14)30-10-16(11-30)29-20(32)9-26-21-18-8-15(22(23,24)25)4-7-19(18)27-12-28-21/h4,7-8,12-14,16-17,31H,2-3,5-6,9-11H2,1H3,(H,29,32)(H,26,27,28). The Morgan fingerprint density at radius 2 is 1.94 bits per heavy atom. The van der Waals surface area contributed by atoms with Crippen molar-refractivity contribution in [3.05, 3.63) is 30.1 Å². The van der Waals surface area contributed by atoms with E-state index in [1.165, 1.54) is 12.4 Å². The van der Waals surface area contributed by atoms with E-state index < -0.39 is 11.7 Å². The summed E-state index contributed by atoms with van der Waals surface area (Å²) in [5.41, 5.74) is -0.416. The van der Waals surface area contributed by atoms with E-state index in [-0.39, 0.29) is 35.8 Å². The molecule has 1 aliphatic heterocycles. The number of likely N-dealkylation sites (tertiary alicyclic amines) is 1. The van der Waals surface area contributed by atoms with Crippen molar-refractivity contribution in [3.63, 3.8) is 0 Å². The first-order valence-corrected chi connectivity index (χ1v) is 11.0. The molecule has 1 aromatic heterocycles. The molecule has 10 heteroatoms. The Labute approximate surface area is 184 Å². The van der Waals surface area contributed by atoms with Gasteiger partial charge in [-0.25, -0.2) is 9.97 Å². The summed E-state index contributed by atoms with van der Waals surface area (Å²) in [5.74, 6) is 0.353. The van der Waals surface area contributed by atoms with Gasteiger partial charge in [0.1, 0.15) is 12.1 Å². The van der Waals surface area contributed by atoms with Crippen molar-refractivity contribution in [1.29, 1.82) is 0 Å². The van der Waals surface area contributed by atoms with Gasteiger partial charge in [0.15, 0.2) is 0 Å². The third kappa shape index (κ3) is 5.12. The van der Waals surface area contributed by atoms with Crippen molar-refractivity contribution < 1.29 is 23.1 Å². The second-order valence-corrected chi connectivity index (χ2v) is 8.83. The molecule has 174 valence electrons. The van der Waals surface area contributed by atoms with Crippen LogP contribution in [0.5, 0.6) is 0 Å². The summed E-state index contributed by atoms with van der Waals surface area (Å²) >= 11 is 0. The van der Waals surface area contributed by atoms with Crippen molar-refractivity contribution in [2.45, 2.75) is 57.0 Å². The number of nitrogens with one attached hydrogen (secondary N) is 2. The molecule has 1 atom stereocenters. The SMILES string of the molecule is CC(O)C1CCC(N2CC(NC(=O)CNc3ncnc4ccc(C(F)(F)F)cc34)C2)CC1. The Morgan fingerprint density at radius 3 is 2.59 bits per heavy atom. The van der Waals surface area contributed by atoms with E-state index in [4.69, 9.17) is 0 Å². The number of aliphatic hydroxyl groups is 1. The predicted octanol–water partition coefficient (Wildman–Crippen LogP) is 2.80. The molecule has 1 amide bonds. The van der Waals surface area contributed by atoms with Crippen molar-refractivity contribution >= 4 is 22.6 Å². The Kier molecular flexibility index (Phi) is 6.52. The van der Waals surface area contributed by atoms with Gasteiger partial charge in [0.2, 0.25) is 5.91 Å². The van der Waals surface area contributed by atoms with E-state index in [1.54, 1.807) is 0 Å². The summed E-state index contributed by atoms with van der Waals surface area (Å²) in [6, 6.07) is 3.84. The van der Waals surface area contributed by atoms with Gasteiger partial charge in [-0.05, 0) is 56.7 Å². The van der Waals surface area contributed by atoms with Gasteiger partial charge in [-0.3, -0.25) is 9.69 Å². The van der Waals surface area contributed by atoms with Crippen LogP contribution in [0.2, 0.25) is 0 Å². The van der Waals surface area contributed by atoms with E-state index in [0.29, 0.717) is 17.5 Å². The lowest BCUT2D eigenvalue weighted by atomic mass is 9.81. The molecule has 7 nitrogen and oxygen atoms in total. The van der Waals surface area contributed by atoms with Gasteiger partial charge in [-0.1, -0.05) is 0 Å². The number of benzene rings is 1. The summed E-state index contributed by atoms with van der Waals surface area (Å²) in [6.45, 7) is 3.36. The lowest BCUT2D eigenvalue weighted by Crippen LogP contribution is -2.63. The van der Waals surface area contributed by atoms with Gasteiger partial charge in [0.25, 0.3) is 0 Å². The van der Waals surface area contributed by atoms with Crippen LogP contribution in [-0.2, 0) is 11.0 Å². The van der Waals surface area contributed by atoms with Crippen LogP contribution >= 0.6 is 0 Å². The lowest BCUT2D eigenvalue weighted by Gasteiger charge is -2.47. The molecule has 2 fully saturated rings. The average molecular weight is 451 g/mol. The molecule has 2 aromatic rings. The van der Waals surface area contributed by atoms with E-state index in [9.17, 15) is 23.1 Å². The molecule has 1 saturated carbocycles. The van der Waals surface area contributed by atoms with Crippen LogP contribution in [0.4, 0.5) is 19.0 Å². The highest BCUT2D eigenvalue weighted by atomic mass is 19.4. The number of aromatic nitrogens is 2. The third-order valence-electron chi connectivity index (χ3n) is 6.59. The number of aliphatic hydroxyl groups excluding tert-OH is 1. The largest absolute Gasteiger partial charge is 0.416 e. The van der Waals surface area contributed by atoms with Crippen LogP contribution in [0.25, 0.3) is 10.9 Å². The lowest BCUT2D eigenvalue weighted by molar-refractivity contribution is -0.137. The van der Waals surface area contributed by atoms with Crippen LogP contribution in [0.1, 0.15) is 38.2 Å².